The summed E-state index contributed by atoms with van der Waals surface area (Å²) >= 11 is 0. The van der Waals surface area contributed by atoms with Crippen molar-refractivity contribution in [2.45, 2.75) is 46.2 Å². The summed E-state index contributed by atoms with van der Waals surface area (Å²) in [5, 5.41) is 4.60. The van der Waals surface area contributed by atoms with Gasteiger partial charge in [0.15, 0.2) is 17.0 Å². The minimum Gasteiger partial charge on any atom is -0.347 e. The molecule has 0 aromatic carbocycles. The van der Waals surface area contributed by atoms with Crippen molar-refractivity contribution < 1.29 is 0 Å². The van der Waals surface area contributed by atoms with Crippen LogP contribution in [-0.2, 0) is 13.6 Å². The molecule has 126 valence electrons. The number of imidazole rings is 1. The number of rotatable bonds is 3. The highest BCUT2D eigenvalue weighted by molar-refractivity contribution is 5.83. The Kier molecular flexibility index (Phi) is 3.51. The second kappa shape index (κ2) is 5.58. The Balaban J connectivity index is 1.83. The summed E-state index contributed by atoms with van der Waals surface area (Å²) in [5.41, 5.74) is 5.47. The van der Waals surface area contributed by atoms with Crippen LogP contribution in [0.2, 0.25) is 0 Å². The predicted molar refractivity (Wildman–Crippen MR) is 93.0 cm³/mol. The second-order valence-corrected chi connectivity index (χ2v) is 6.46. The molecule has 3 aromatic heterocycles. The van der Waals surface area contributed by atoms with E-state index in [4.69, 9.17) is 0 Å². The molecular formula is C17H23N7. The number of hydrogen-bond donors (Lipinski definition) is 0. The van der Waals surface area contributed by atoms with Crippen LogP contribution >= 0.6 is 0 Å². The Morgan fingerprint density at radius 3 is 2.75 bits per heavy atom. The quantitative estimate of drug-likeness (QED) is 0.740. The first-order chi connectivity index (χ1) is 11.6. The van der Waals surface area contributed by atoms with Crippen LogP contribution in [0.25, 0.3) is 11.2 Å². The fraction of sp³-hybridized carbons (Fsp3) is 0.529. The maximum atomic E-state index is 4.60. The molecule has 24 heavy (non-hydrogen) atoms. The number of aryl methyl sites for hydroxylation is 3. The van der Waals surface area contributed by atoms with Gasteiger partial charge < -0.3 is 9.47 Å². The first-order valence-electron chi connectivity index (χ1n) is 8.54. The van der Waals surface area contributed by atoms with Crippen LogP contribution < -0.4 is 4.90 Å². The molecule has 0 spiro atoms. The van der Waals surface area contributed by atoms with Crippen molar-refractivity contribution in [3.63, 3.8) is 0 Å². The van der Waals surface area contributed by atoms with Crippen LogP contribution in [0.4, 0.5) is 5.82 Å². The van der Waals surface area contributed by atoms with Gasteiger partial charge in [0.25, 0.3) is 0 Å². The zero-order valence-corrected chi connectivity index (χ0v) is 14.7. The SMILES string of the molecule is CCn1cnc2c(N3CCCC3c3c(C)nn(C)c3C)ncnc21. The number of anilines is 1. The van der Waals surface area contributed by atoms with Crippen LogP contribution in [0, 0.1) is 13.8 Å². The van der Waals surface area contributed by atoms with E-state index in [0.717, 1.165) is 48.6 Å². The predicted octanol–water partition coefficient (Wildman–Crippen LogP) is 2.54. The minimum atomic E-state index is 0.309. The lowest BCUT2D eigenvalue weighted by molar-refractivity contribution is 0.694. The van der Waals surface area contributed by atoms with Gasteiger partial charge >= 0.3 is 0 Å². The third-order valence-electron chi connectivity index (χ3n) is 5.15. The highest BCUT2D eigenvalue weighted by Crippen LogP contribution is 2.39. The number of nitrogens with zero attached hydrogens (tertiary/aromatic N) is 7. The zero-order chi connectivity index (χ0) is 16.8. The van der Waals surface area contributed by atoms with Crippen LogP contribution in [-0.4, -0.2) is 35.8 Å². The Labute approximate surface area is 141 Å². The summed E-state index contributed by atoms with van der Waals surface area (Å²) < 4.78 is 4.04. The summed E-state index contributed by atoms with van der Waals surface area (Å²) in [4.78, 5) is 16.0. The standard InChI is InChI=1S/C17H23N7/c1-5-23-10-20-15-16(23)18-9-19-17(15)24-8-6-7-13(24)14-11(2)21-22(4)12(14)3/h9-10,13H,5-8H2,1-4H3. The van der Waals surface area contributed by atoms with E-state index in [9.17, 15) is 0 Å². The molecule has 3 aromatic rings. The van der Waals surface area contributed by atoms with Gasteiger partial charge in [-0.3, -0.25) is 4.68 Å². The van der Waals surface area contributed by atoms with Crippen molar-refractivity contribution >= 4 is 17.0 Å². The third kappa shape index (κ3) is 2.11. The molecule has 1 atom stereocenters. The molecule has 4 heterocycles. The van der Waals surface area contributed by atoms with Crippen LogP contribution in [0.3, 0.4) is 0 Å². The zero-order valence-electron chi connectivity index (χ0n) is 14.7. The van der Waals surface area contributed by atoms with Gasteiger partial charge in [0.1, 0.15) is 6.33 Å². The molecule has 7 nitrogen and oxygen atoms in total. The molecule has 7 heteroatoms. The molecule has 1 saturated heterocycles. The molecule has 0 bridgehead atoms. The van der Waals surface area contributed by atoms with Gasteiger partial charge in [-0.15, -0.1) is 0 Å². The normalized spacial score (nSPS) is 18.0. The summed E-state index contributed by atoms with van der Waals surface area (Å²) in [6.07, 6.45) is 5.78. The largest absolute Gasteiger partial charge is 0.347 e. The Hall–Kier alpha value is -2.44. The summed E-state index contributed by atoms with van der Waals surface area (Å²) in [6.45, 7) is 8.19. The summed E-state index contributed by atoms with van der Waals surface area (Å²) in [5.74, 6) is 0.942. The maximum Gasteiger partial charge on any atom is 0.165 e. The number of fused-ring (bicyclic) bond motifs is 1. The lowest BCUT2D eigenvalue weighted by Gasteiger charge is -2.26. The molecular weight excluding hydrogens is 302 g/mol. The number of hydrogen-bond acceptors (Lipinski definition) is 5. The first kappa shape index (κ1) is 15.1. The van der Waals surface area contributed by atoms with Crippen LogP contribution in [0.1, 0.15) is 42.8 Å². The fourth-order valence-corrected chi connectivity index (χ4v) is 3.90. The van der Waals surface area contributed by atoms with Crippen molar-refractivity contribution in [2.75, 3.05) is 11.4 Å². The van der Waals surface area contributed by atoms with Gasteiger partial charge in [0.2, 0.25) is 0 Å². The summed E-state index contributed by atoms with van der Waals surface area (Å²) in [6, 6.07) is 0.309. The second-order valence-electron chi connectivity index (χ2n) is 6.46. The van der Waals surface area contributed by atoms with Crippen molar-refractivity contribution in [1.82, 2.24) is 29.3 Å². The molecule has 1 unspecified atom stereocenters. The molecule has 0 radical (unpaired) electrons. The monoisotopic (exact) mass is 325 g/mol. The van der Waals surface area contributed by atoms with E-state index in [0.29, 0.717) is 6.04 Å². The van der Waals surface area contributed by atoms with Crippen molar-refractivity contribution in [1.29, 1.82) is 0 Å². The van der Waals surface area contributed by atoms with Crippen LogP contribution in [0.5, 0.6) is 0 Å². The van der Waals surface area contributed by atoms with Gasteiger partial charge in [-0.05, 0) is 33.6 Å². The fourth-order valence-electron chi connectivity index (χ4n) is 3.90. The molecule has 0 aliphatic carbocycles. The molecule has 1 fully saturated rings. The van der Waals surface area contributed by atoms with E-state index >= 15 is 0 Å². The van der Waals surface area contributed by atoms with E-state index in [1.165, 1.54) is 11.3 Å². The van der Waals surface area contributed by atoms with Crippen molar-refractivity contribution in [2.24, 2.45) is 7.05 Å². The molecule has 0 saturated carbocycles. The molecule has 0 N–H and O–H groups in total. The van der Waals surface area contributed by atoms with Crippen molar-refractivity contribution in [3.05, 3.63) is 29.6 Å². The Bertz CT molecular complexity index is 892. The first-order valence-corrected chi connectivity index (χ1v) is 8.54. The van der Waals surface area contributed by atoms with Crippen LogP contribution in [0.15, 0.2) is 12.7 Å². The topological polar surface area (TPSA) is 64.7 Å². The van der Waals surface area contributed by atoms with Crippen molar-refractivity contribution in [3.8, 4) is 0 Å². The lowest BCUT2D eigenvalue weighted by atomic mass is 10.0. The van der Waals surface area contributed by atoms with E-state index in [-0.39, 0.29) is 0 Å². The Morgan fingerprint density at radius 2 is 2.04 bits per heavy atom. The molecule has 1 aliphatic heterocycles. The Morgan fingerprint density at radius 1 is 1.21 bits per heavy atom. The lowest BCUT2D eigenvalue weighted by Crippen LogP contribution is -2.25. The number of aromatic nitrogens is 6. The van der Waals surface area contributed by atoms with Gasteiger partial charge in [-0.2, -0.15) is 5.10 Å². The smallest absolute Gasteiger partial charge is 0.165 e. The third-order valence-corrected chi connectivity index (χ3v) is 5.15. The van der Waals surface area contributed by atoms with E-state index < -0.39 is 0 Å². The summed E-state index contributed by atoms with van der Waals surface area (Å²) in [7, 11) is 2.01. The highest BCUT2D eigenvalue weighted by Gasteiger charge is 2.32. The average molecular weight is 325 g/mol. The molecule has 4 rings (SSSR count). The molecule has 0 amide bonds. The minimum absolute atomic E-state index is 0.309. The average Bonchev–Trinajstić information content (AvgIpc) is 3.25. The van der Waals surface area contributed by atoms with Gasteiger partial charge in [0.05, 0.1) is 18.1 Å². The highest BCUT2D eigenvalue weighted by atomic mass is 15.3. The van der Waals surface area contributed by atoms with E-state index in [1.54, 1.807) is 6.33 Å². The molecule has 1 aliphatic rings. The van der Waals surface area contributed by atoms with Gasteiger partial charge in [-0.1, -0.05) is 0 Å². The van der Waals surface area contributed by atoms with E-state index in [2.05, 4.69) is 50.3 Å². The van der Waals surface area contributed by atoms with Gasteiger partial charge in [-0.25, -0.2) is 15.0 Å². The van der Waals surface area contributed by atoms with Gasteiger partial charge in [0, 0.05) is 31.4 Å². The van der Waals surface area contributed by atoms with E-state index in [1.807, 2.05) is 18.1 Å². The maximum absolute atomic E-state index is 4.60.